The molecule has 35 heavy (non-hydrogen) atoms. The Morgan fingerprint density at radius 1 is 1.23 bits per heavy atom. The van der Waals surface area contributed by atoms with E-state index in [0.717, 1.165) is 0 Å². The van der Waals surface area contributed by atoms with E-state index in [1.807, 2.05) is 6.92 Å². The molecular formula is C27H29NO7. The molecule has 0 saturated heterocycles. The second-order valence-electron chi connectivity index (χ2n) is 9.18. The fourth-order valence-corrected chi connectivity index (χ4v) is 4.88. The van der Waals surface area contributed by atoms with Crippen LogP contribution in [0.4, 0.5) is 0 Å². The molecule has 0 unspecified atom stereocenters. The molecule has 2 aromatic rings. The third-order valence-corrected chi connectivity index (χ3v) is 6.86. The molecule has 2 aliphatic rings. The molecule has 1 N–H and O–H groups in total. The minimum atomic E-state index is -1.05. The van der Waals surface area contributed by atoms with Crippen molar-refractivity contribution in [1.82, 2.24) is 5.32 Å². The Bertz CT molecular complexity index is 1330. The number of rotatable bonds is 5. The van der Waals surface area contributed by atoms with E-state index < -0.39 is 29.6 Å². The SMILES string of the molecule is CC[C@H](C)OC(=O)C1=C(C)NC2=C(C(=O)[C@@H](C(=O)OC)[C@@H](C)C2)[C@@H]1c1coc2ccccc2c1=O. The van der Waals surface area contributed by atoms with Gasteiger partial charge in [0, 0.05) is 22.5 Å². The fraction of sp³-hybridized carbons (Fsp3) is 0.407. The van der Waals surface area contributed by atoms with Crippen molar-refractivity contribution in [1.29, 1.82) is 0 Å². The molecule has 0 saturated carbocycles. The number of para-hydroxylation sites is 1. The van der Waals surface area contributed by atoms with Crippen LogP contribution in [0.3, 0.4) is 0 Å². The van der Waals surface area contributed by atoms with E-state index in [2.05, 4.69) is 5.32 Å². The zero-order valence-electron chi connectivity index (χ0n) is 20.5. The van der Waals surface area contributed by atoms with Crippen LogP contribution in [0.15, 0.2) is 62.3 Å². The van der Waals surface area contributed by atoms with Gasteiger partial charge in [0.15, 0.2) is 11.2 Å². The molecule has 8 heteroatoms. The molecule has 4 rings (SSSR count). The second kappa shape index (κ2) is 9.52. The number of benzene rings is 1. The Balaban J connectivity index is 1.95. The number of hydrogen-bond acceptors (Lipinski definition) is 8. The number of hydrogen-bond donors (Lipinski definition) is 1. The Hall–Kier alpha value is -3.68. The molecule has 4 atom stereocenters. The van der Waals surface area contributed by atoms with Crippen LogP contribution in [0.1, 0.15) is 52.0 Å². The van der Waals surface area contributed by atoms with Crippen LogP contribution >= 0.6 is 0 Å². The van der Waals surface area contributed by atoms with Gasteiger partial charge in [0.2, 0.25) is 0 Å². The summed E-state index contributed by atoms with van der Waals surface area (Å²) in [7, 11) is 1.24. The van der Waals surface area contributed by atoms with Gasteiger partial charge in [-0.25, -0.2) is 4.79 Å². The average molecular weight is 480 g/mol. The molecule has 0 fully saturated rings. The predicted octanol–water partition coefficient (Wildman–Crippen LogP) is 3.75. The predicted molar refractivity (Wildman–Crippen MR) is 128 cm³/mol. The smallest absolute Gasteiger partial charge is 0.337 e. The van der Waals surface area contributed by atoms with Crippen molar-refractivity contribution < 1.29 is 28.3 Å². The lowest BCUT2D eigenvalue weighted by atomic mass is 9.69. The van der Waals surface area contributed by atoms with Crippen LogP contribution in [-0.2, 0) is 23.9 Å². The van der Waals surface area contributed by atoms with Crippen molar-refractivity contribution in [2.75, 3.05) is 7.11 Å². The summed E-state index contributed by atoms with van der Waals surface area (Å²) >= 11 is 0. The van der Waals surface area contributed by atoms with Gasteiger partial charge in [0.05, 0.1) is 36.4 Å². The number of esters is 2. The van der Waals surface area contributed by atoms with Gasteiger partial charge in [-0.1, -0.05) is 26.0 Å². The van der Waals surface area contributed by atoms with Gasteiger partial charge >= 0.3 is 11.9 Å². The van der Waals surface area contributed by atoms with Gasteiger partial charge in [-0.15, -0.1) is 0 Å². The monoisotopic (exact) mass is 479 g/mol. The highest BCUT2D eigenvalue weighted by atomic mass is 16.5. The standard InChI is InChI=1S/C27H29NO7/c1-6-14(3)35-27(32)21-15(4)28-18-11-13(2)20(26(31)33-5)25(30)23(18)22(21)17-12-34-19-10-8-7-9-16(19)24(17)29/h7-10,12-14,20,22,28H,6,11H2,1-5H3/t13-,14-,20-,22+/m0/s1. The number of carbonyl (C=O) groups excluding carboxylic acids is 3. The molecular weight excluding hydrogens is 450 g/mol. The van der Waals surface area contributed by atoms with Crippen LogP contribution in [-0.4, -0.2) is 30.9 Å². The zero-order valence-corrected chi connectivity index (χ0v) is 20.5. The maximum Gasteiger partial charge on any atom is 0.337 e. The first-order valence-electron chi connectivity index (χ1n) is 11.7. The van der Waals surface area contributed by atoms with E-state index in [4.69, 9.17) is 13.9 Å². The lowest BCUT2D eigenvalue weighted by Gasteiger charge is -2.38. The van der Waals surface area contributed by atoms with Crippen LogP contribution in [0, 0.1) is 11.8 Å². The number of ether oxygens (including phenoxy) is 2. The van der Waals surface area contributed by atoms with E-state index in [9.17, 15) is 19.2 Å². The highest BCUT2D eigenvalue weighted by molar-refractivity contribution is 6.12. The van der Waals surface area contributed by atoms with Crippen LogP contribution < -0.4 is 10.7 Å². The Morgan fingerprint density at radius 3 is 2.63 bits per heavy atom. The van der Waals surface area contributed by atoms with Crippen molar-refractivity contribution >= 4 is 28.7 Å². The lowest BCUT2D eigenvalue weighted by Crippen LogP contribution is -2.44. The maximum absolute atomic E-state index is 13.8. The van der Waals surface area contributed by atoms with Gasteiger partial charge < -0.3 is 19.2 Å². The number of allylic oxidation sites excluding steroid dienone is 3. The number of nitrogens with one attached hydrogen (secondary N) is 1. The van der Waals surface area contributed by atoms with Gasteiger partial charge in [-0.3, -0.25) is 14.4 Å². The van der Waals surface area contributed by atoms with Crippen molar-refractivity contribution in [2.45, 2.75) is 52.6 Å². The number of ketones is 1. The maximum atomic E-state index is 13.8. The van der Waals surface area contributed by atoms with Gasteiger partial charge in [0.1, 0.15) is 11.5 Å². The number of methoxy groups -OCH3 is 1. The number of carbonyl (C=O) groups is 3. The van der Waals surface area contributed by atoms with Crippen LogP contribution in [0.5, 0.6) is 0 Å². The second-order valence-corrected chi connectivity index (χ2v) is 9.18. The van der Waals surface area contributed by atoms with Crippen molar-refractivity contribution in [2.24, 2.45) is 11.8 Å². The van der Waals surface area contributed by atoms with Gasteiger partial charge in [-0.2, -0.15) is 0 Å². The zero-order chi connectivity index (χ0) is 25.4. The summed E-state index contributed by atoms with van der Waals surface area (Å²) in [5.41, 5.74) is 1.60. The highest BCUT2D eigenvalue weighted by Crippen LogP contribution is 2.45. The molecule has 1 aromatic heterocycles. The third kappa shape index (κ3) is 4.17. The fourth-order valence-electron chi connectivity index (χ4n) is 4.88. The van der Waals surface area contributed by atoms with E-state index >= 15 is 0 Å². The molecule has 0 radical (unpaired) electrons. The quantitative estimate of drug-likeness (QED) is 0.510. The Labute approximate surface area is 203 Å². The molecule has 0 spiro atoms. The van der Waals surface area contributed by atoms with Crippen LogP contribution in [0.25, 0.3) is 11.0 Å². The Kier molecular flexibility index (Phi) is 6.65. The topological polar surface area (TPSA) is 112 Å². The largest absolute Gasteiger partial charge is 0.468 e. The first-order valence-corrected chi connectivity index (χ1v) is 11.7. The summed E-state index contributed by atoms with van der Waals surface area (Å²) < 4.78 is 16.3. The molecule has 1 aromatic carbocycles. The lowest BCUT2D eigenvalue weighted by molar-refractivity contribution is -0.151. The molecule has 2 heterocycles. The first kappa shape index (κ1) is 24.4. The average Bonchev–Trinajstić information content (AvgIpc) is 2.83. The summed E-state index contributed by atoms with van der Waals surface area (Å²) in [6, 6.07) is 6.78. The number of Topliss-reactive ketones (excluding diaryl/α,β-unsaturated/α-hetero) is 1. The highest BCUT2D eigenvalue weighted by Gasteiger charge is 2.48. The molecule has 1 aliphatic carbocycles. The summed E-state index contributed by atoms with van der Waals surface area (Å²) in [4.78, 5) is 53.3. The molecule has 0 amide bonds. The minimum absolute atomic E-state index is 0.139. The molecule has 184 valence electrons. The Morgan fingerprint density at radius 2 is 1.94 bits per heavy atom. The minimum Gasteiger partial charge on any atom is -0.468 e. The van der Waals surface area contributed by atoms with E-state index in [1.165, 1.54) is 13.4 Å². The van der Waals surface area contributed by atoms with Crippen molar-refractivity contribution in [3.63, 3.8) is 0 Å². The molecule has 8 nitrogen and oxygen atoms in total. The normalized spacial score (nSPS) is 23.0. The van der Waals surface area contributed by atoms with Crippen molar-refractivity contribution in [3.05, 3.63) is 68.9 Å². The summed E-state index contributed by atoms with van der Waals surface area (Å²) in [6.07, 6.45) is 1.91. The number of dihydropyridines is 1. The van der Waals surface area contributed by atoms with Gasteiger partial charge in [0.25, 0.3) is 0 Å². The molecule has 0 bridgehead atoms. The van der Waals surface area contributed by atoms with E-state index in [0.29, 0.717) is 35.2 Å². The number of fused-ring (bicyclic) bond motifs is 1. The third-order valence-electron chi connectivity index (χ3n) is 6.86. The summed E-state index contributed by atoms with van der Waals surface area (Å²) in [5, 5.41) is 3.52. The van der Waals surface area contributed by atoms with E-state index in [1.54, 1.807) is 45.0 Å². The summed E-state index contributed by atoms with van der Waals surface area (Å²) in [5.74, 6) is -4.16. The molecule has 1 aliphatic heterocycles. The van der Waals surface area contributed by atoms with E-state index in [-0.39, 0.29) is 34.2 Å². The first-order chi connectivity index (χ1) is 16.7. The summed E-state index contributed by atoms with van der Waals surface area (Å²) in [6.45, 7) is 7.18. The van der Waals surface area contributed by atoms with Crippen LogP contribution in [0.2, 0.25) is 0 Å². The van der Waals surface area contributed by atoms with Crippen molar-refractivity contribution in [3.8, 4) is 0 Å². The van der Waals surface area contributed by atoms with Gasteiger partial charge in [-0.05, 0) is 44.7 Å².